The molecule has 9 nitrogen and oxygen atoms in total. The van der Waals surface area contributed by atoms with Crippen LogP contribution in [0.25, 0.3) is 0 Å². The van der Waals surface area contributed by atoms with Gasteiger partial charge in [0.2, 0.25) is 16.9 Å². The van der Waals surface area contributed by atoms with Gasteiger partial charge in [0.15, 0.2) is 0 Å². The second kappa shape index (κ2) is 10.3. The van der Waals surface area contributed by atoms with Crippen LogP contribution in [0.3, 0.4) is 0 Å². The Balaban J connectivity index is 1.60. The number of pyridine rings is 1. The SMILES string of the molecule is CC[C@@H](CC(=O)N1C(=O)[C@H](Cc2cc(C)nc(N)c2)[C@H]1C(=O)N(C)c1nncs1)c1ccccc1. The quantitative estimate of drug-likeness (QED) is 0.480. The molecule has 182 valence electrons. The minimum absolute atomic E-state index is 0.0464. The third kappa shape index (κ3) is 5.07. The van der Waals surface area contributed by atoms with Crippen LogP contribution < -0.4 is 10.6 Å². The number of anilines is 2. The lowest BCUT2D eigenvalue weighted by Gasteiger charge is -2.46. The van der Waals surface area contributed by atoms with Gasteiger partial charge in [0.05, 0.1) is 5.92 Å². The van der Waals surface area contributed by atoms with E-state index in [-0.39, 0.29) is 36.5 Å². The van der Waals surface area contributed by atoms with Gasteiger partial charge in [-0.25, -0.2) is 4.98 Å². The molecule has 0 bridgehead atoms. The largest absolute Gasteiger partial charge is 0.384 e. The van der Waals surface area contributed by atoms with Gasteiger partial charge in [0.1, 0.15) is 17.4 Å². The Hall–Kier alpha value is -3.66. The predicted molar refractivity (Wildman–Crippen MR) is 134 cm³/mol. The molecule has 2 N–H and O–H groups in total. The molecular weight excluding hydrogens is 464 g/mol. The molecule has 1 aromatic carbocycles. The van der Waals surface area contributed by atoms with Crippen LogP contribution in [-0.2, 0) is 20.8 Å². The van der Waals surface area contributed by atoms with E-state index in [9.17, 15) is 14.4 Å². The number of aromatic nitrogens is 3. The molecule has 1 aliphatic heterocycles. The Bertz CT molecular complexity index is 1200. The van der Waals surface area contributed by atoms with Crippen molar-refractivity contribution >= 4 is 40.0 Å². The van der Waals surface area contributed by atoms with E-state index >= 15 is 0 Å². The topological polar surface area (TPSA) is 122 Å². The lowest BCUT2D eigenvalue weighted by molar-refractivity contribution is -0.170. The zero-order valence-electron chi connectivity index (χ0n) is 19.9. The van der Waals surface area contributed by atoms with Crippen LogP contribution in [0, 0.1) is 12.8 Å². The van der Waals surface area contributed by atoms with Crippen LogP contribution in [-0.4, -0.2) is 50.9 Å². The number of hydrogen-bond donors (Lipinski definition) is 1. The van der Waals surface area contributed by atoms with Gasteiger partial charge < -0.3 is 5.73 Å². The molecule has 1 aliphatic rings. The van der Waals surface area contributed by atoms with Crippen molar-refractivity contribution in [3.63, 3.8) is 0 Å². The summed E-state index contributed by atoms with van der Waals surface area (Å²) in [6.45, 7) is 3.83. The predicted octanol–water partition coefficient (Wildman–Crippen LogP) is 2.97. The third-order valence-corrected chi connectivity index (χ3v) is 7.14. The number of benzene rings is 1. The highest BCUT2D eigenvalue weighted by Gasteiger charge is 2.55. The Morgan fingerprint density at radius 1 is 1.23 bits per heavy atom. The molecule has 4 rings (SSSR count). The Morgan fingerprint density at radius 2 is 1.97 bits per heavy atom. The maximum absolute atomic E-state index is 13.5. The number of rotatable bonds is 8. The number of nitrogen functional groups attached to an aromatic ring is 1. The van der Waals surface area contributed by atoms with Crippen molar-refractivity contribution in [1.29, 1.82) is 0 Å². The lowest BCUT2D eigenvalue weighted by Crippen LogP contribution is -2.69. The molecule has 3 aromatic rings. The first-order valence-corrected chi connectivity index (χ1v) is 12.4. The molecule has 1 fully saturated rings. The first-order chi connectivity index (χ1) is 16.8. The van der Waals surface area contributed by atoms with E-state index in [0.29, 0.717) is 10.9 Å². The normalized spacial score (nSPS) is 18.1. The maximum atomic E-state index is 13.5. The summed E-state index contributed by atoms with van der Waals surface area (Å²) < 4.78 is 0. The second-order valence-electron chi connectivity index (χ2n) is 8.74. The van der Waals surface area contributed by atoms with Gasteiger partial charge in [0.25, 0.3) is 5.91 Å². The molecule has 10 heteroatoms. The Labute approximate surface area is 208 Å². The standard InChI is InChI=1S/C25H28N6O3S/c1-4-17(18-8-6-5-7-9-18)13-21(32)31-22(24(34)30(3)25-29-27-14-35-25)19(23(31)33)11-16-10-15(2)28-20(26)12-16/h5-10,12,14,17,19,22H,4,11,13H2,1-3H3,(H2,26,28)/t17-,19+,22-/m0/s1. The van der Waals surface area contributed by atoms with Crippen LogP contribution in [0.5, 0.6) is 0 Å². The summed E-state index contributed by atoms with van der Waals surface area (Å²) in [6, 6.07) is 12.3. The van der Waals surface area contributed by atoms with E-state index in [4.69, 9.17) is 5.73 Å². The van der Waals surface area contributed by atoms with Crippen molar-refractivity contribution in [2.45, 2.75) is 45.1 Å². The van der Waals surface area contributed by atoms with E-state index in [1.807, 2.05) is 50.2 Å². The molecule has 1 saturated heterocycles. The number of nitrogens with two attached hydrogens (primary N) is 1. The van der Waals surface area contributed by atoms with E-state index in [1.54, 1.807) is 13.1 Å². The van der Waals surface area contributed by atoms with Crippen molar-refractivity contribution in [3.05, 3.63) is 64.8 Å². The number of amides is 3. The van der Waals surface area contributed by atoms with E-state index < -0.39 is 12.0 Å². The van der Waals surface area contributed by atoms with Crippen LogP contribution in [0.4, 0.5) is 10.9 Å². The second-order valence-corrected chi connectivity index (χ2v) is 9.55. The molecule has 35 heavy (non-hydrogen) atoms. The van der Waals surface area contributed by atoms with Gasteiger partial charge >= 0.3 is 0 Å². The fraction of sp³-hybridized carbons (Fsp3) is 0.360. The van der Waals surface area contributed by atoms with Gasteiger partial charge in [-0.15, -0.1) is 10.2 Å². The maximum Gasteiger partial charge on any atom is 0.252 e. The highest BCUT2D eigenvalue weighted by Crippen LogP contribution is 2.35. The molecule has 0 aliphatic carbocycles. The Kier molecular flexibility index (Phi) is 7.20. The van der Waals surface area contributed by atoms with E-state index in [1.165, 1.54) is 21.7 Å². The number of likely N-dealkylation sites (N-methyl/N-ethyl adjacent to an activating group) is 1. The first-order valence-electron chi connectivity index (χ1n) is 11.5. The van der Waals surface area contributed by atoms with Crippen molar-refractivity contribution in [1.82, 2.24) is 20.1 Å². The van der Waals surface area contributed by atoms with Crippen LogP contribution in [0.2, 0.25) is 0 Å². The minimum atomic E-state index is -0.924. The zero-order chi connectivity index (χ0) is 25.1. The van der Waals surface area contributed by atoms with Crippen molar-refractivity contribution in [2.24, 2.45) is 5.92 Å². The summed E-state index contributed by atoms with van der Waals surface area (Å²) in [5.41, 5.74) is 9.97. The van der Waals surface area contributed by atoms with Gasteiger partial charge in [-0.3, -0.25) is 24.2 Å². The zero-order valence-corrected chi connectivity index (χ0v) is 20.7. The fourth-order valence-corrected chi connectivity index (χ4v) is 5.12. The van der Waals surface area contributed by atoms with Crippen molar-refractivity contribution < 1.29 is 14.4 Å². The molecular formula is C25H28N6O3S. The highest BCUT2D eigenvalue weighted by atomic mass is 32.1. The Morgan fingerprint density at radius 3 is 2.60 bits per heavy atom. The van der Waals surface area contributed by atoms with Crippen LogP contribution >= 0.6 is 11.3 Å². The third-order valence-electron chi connectivity index (χ3n) is 6.38. The number of β-lactam (4-membered cyclic amide) rings is 1. The molecule has 3 amide bonds. The van der Waals surface area contributed by atoms with Crippen LogP contribution in [0.15, 0.2) is 48.0 Å². The van der Waals surface area contributed by atoms with Gasteiger partial charge in [-0.2, -0.15) is 0 Å². The van der Waals surface area contributed by atoms with Gasteiger partial charge in [-0.1, -0.05) is 48.6 Å². The summed E-state index contributed by atoms with van der Waals surface area (Å²) in [5, 5.41) is 8.16. The summed E-state index contributed by atoms with van der Waals surface area (Å²) in [7, 11) is 1.58. The summed E-state index contributed by atoms with van der Waals surface area (Å²) in [4.78, 5) is 46.9. The number of imide groups is 1. The van der Waals surface area contributed by atoms with Crippen molar-refractivity contribution in [2.75, 3.05) is 17.7 Å². The van der Waals surface area contributed by atoms with E-state index in [2.05, 4.69) is 15.2 Å². The number of carbonyl (C=O) groups is 3. The monoisotopic (exact) mass is 492 g/mol. The number of likely N-dealkylation sites (tertiary alicyclic amines) is 1. The number of carbonyl (C=O) groups excluding carboxylic acids is 3. The molecule has 3 heterocycles. The van der Waals surface area contributed by atoms with Crippen molar-refractivity contribution in [3.8, 4) is 0 Å². The molecule has 0 unspecified atom stereocenters. The fourth-order valence-electron chi connectivity index (χ4n) is 4.59. The first kappa shape index (κ1) is 24.5. The average molecular weight is 493 g/mol. The number of aryl methyl sites for hydroxylation is 1. The summed E-state index contributed by atoms with van der Waals surface area (Å²) in [5.74, 6) is -1.45. The molecule has 2 aromatic heterocycles. The molecule has 0 radical (unpaired) electrons. The van der Waals surface area contributed by atoms with Gasteiger partial charge in [0, 0.05) is 19.2 Å². The number of nitrogens with zero attached hydrogens (tertiary/aromatic N) is 5. The molecule has 0 spiro atoms. The average Bonchev–Trinajstić information content (AvgIpc) is 3.38. The number of hydrogen-bond acceptors (Lipinski definition) is 8. The summed E-state index contributed by atoms with van der Waals surface area (Å²) in [6.07, 6.45) is 1.17. The summed E-state index contributed by atoms with van der Waals surface area (Å²) >= 11 is 1.21. The lowest BCUT2D eigenvalue weighted by atomic mass is 9.80. The van der Waals surface area contributed by atoms with Gasteiger partial charge in [-0.05, 0) is 48.9 Å². The van der Waals surface area contributed by atoms with E-state index in [0.717, 1.165) is 28.1 Å². The smallest absolute Gasteiger partial charge is 0.252 e. The molecule has 0 saturated carbocycles. The molecule has 3 atom stereocenters. The minimum Gasteiger partial charge on any atom is -0.384 e. The van der Waals surface area contributed by atoms with Crippen LogP contribution in [0.1, 0.15) is 42.5 Å². The highest BCUT2D eigenvalue weighted by molar-refractivity contribution is 7.13.